The zero-order valence-corrected chi connectivity index (χ0v) is 18.2. The summed E-state index contributed by atoms with van der Waals surface area (Å²) in [6.45, 7) is 0. The molecule has 0 unspecified atom stereocenters. The first-order valence-corrected chi connectivity index (χ1v) is 11.8. The van der Waals surface area contributed by atoms with Gasteiger partial charge in [-0.1, -0.05) is 41.7 Å². The van der Waals surface area contributed by atoms with E-state index in [1.165, 1.54) is 21.8 Å². The molecule has 5 rings (SSSR count). The number of para-hydroxylation sites is 3. The van der Waals surface area contributed by atoms with E-state index in [0.29, 0.717) is 26.1 Å². The van der Waals surface area contributed by atoms with Crippen molar-refractivity contribution in [1.29, 1.82) is 0 Å². The van der Waals surface area contributed by atoms with Crippen LogP contribution in [-0.4, -0.2) is 22.7 Å². The third-order valence-electron chi connectivity index (χ3n) is 4.89. The SMILES string of the molecule is O=c1c(=Cc2ccccc2OS(=O)(=O)c2ccc([N+](=O)[O-])cc2)sc2nc3ccccc3n12. The van der Waals surface area contributed by atoms with Crippen LogP contribution in [0, 0.1) is 10.1 Å². The smallest absolute Gasteiger partial charge is 0.339 e. The van der Waals surface area contributed by atoms with E-state index in [0.717, 1.165) is 24.3 Å². The molecule has 0 saturated carbocycles. The fourth-order valence-electron chi connectivity index (χ4n) is 3.33. The Bertz CT molecular complexity index is 1760. The van der Waals surface area contributed by atoms with E-state index >= 15 is 0 Å². The van der Waals surface area contributed by atoms with Gasteiger partial charge in [-0.25, -0.2) is 9.38 Å². The number of hydrogen-bond donors (Lipinski definition) is 0. The number of benzene rings is 3. The maximum Gasteiger partial charge on any atom is 0.339 e. The van der Waals surface area contributed by atoms with Gasteiger partial charge in [0.05, 0.1) is 20.5 Å². The van der Waals surface area contributed by atoms with E-state index in [2.05, 4.69) is 4.98 Å². The molecule has 0 amide bonds. The summed E-state index contributed by atoms with van der Waals surface area (Å²) < 4.78 is 32.6. The predicted octanol–water partition coefficient (Wildman–Crippen LogP) is 3.13. The Balaban J connectivity index is 1.56. The maximum atomic E-state index is 13.0. The number of non-ortho nitro benzene ring substituents is 1. The van der Waals surface area contributed by atoms with E-state index in [9.17, 15) is 23.3 Å². The largest absolute Gasteiger partial charge is 0.378 e. The molecule has 5 aromatic rings. The lowest BCUT2D eigenvalue weighted by atomic mass is 10.2. The first-order valence-electron chi connectivity index (χ1n) is 9.53. The Morgan fingerprint density at radius 1 is 1.00 bits per heavy atom. The highest BCUT2D eigenvalue weighted by atomic mass is 32.2. The van der Waals surface area contributed by atoms with Crippen LogP contribution in [-0.2, 0) is 10.1 Å². The van der Waals surface area contributed by atoms with E-state index < -0.39 is 15.0 Å². The van der Waals surface area contributed by atoms with Crippen LogP contribution in [0.4, 0.5) is 5.69 Å². The van der Waals surface area contributed by atoms with E-state index in [1.807, 2.05) is 18.2 Å². The number of thiazole rings is 1. The number of nitrogens with zero attached hydrogens (tertiary/aromatic N) is 3. The number of nitro groups is 1. The monoisotopic (exact) mass is 479 g/mol. The number of nitro benzene ring substituents is 1. The highest BCUT2D eigenvalue weighted by molar-refractivity contribution is 7.87. The summed E-state index contributed by atoms with van der Waals surface area (Å²) in [7, 11) is -4.26. The van der Waals surface area contributed by atoms with Gasteiger partial charge in [0, 0.05) is 17.7 Å². The fourth-order valence-corrected chi connectivity index (χ4v) is 5.26. The van der Waals surface area contributed by atoms with Crippen LogP contribution in [0.5, 0.6) is 5.75 Å². The van der Waals surface area contributed by atoms with E-state index in [4.69, 9.17) is 4.18 Å². The van der Waals surface area contributed by atoms with Crippen molar-refractivity contribution >= 4 is 49.2 Å². The van der Waals surface area contributed by atoms with Gasteiger partial charge in [0.15, 0.2) is 4.96 Å². The van der Waals surface area contributed by atoms with Gasteiger partial charge >= 0.3 is 10.1 Å². The molecule has 0 atom stereocenters. The second-order valence-electron chi connectivity index (χ2n) is 6.96. The molecule has 0 fully saturated rings. The molecule has 0 N–H and O–H groups in total. The van der Waals surface area contributed by atoms with Crippen LogP contribution in [0.2, 0.25) is 0 Å². The topological polar surface area (TPSA) is 121 Å². The molecule has 0 saturated heterocycles. The van der Waals surface area contributed by atoms with Gasteiger partial charge < -0.3 is 4.18 Å². The Morgan fingerprint density at radius 3 is 2.45 bits per heavy atom. The third-order valence-corrected chi connectivity index (χ3v) is 7.10. The van der Waals surface area contributed by atoms with E-state index in [1.54, 1.807) is 30.3 Å². The summed E-state index contributed by atoms with van der Waals surface area (Å²) in [4.78, 5) is 28.0. The van der Waals surface area contributed by atoms with Gasteiger partial charge in [0.25, 0.3) is 11.2 Å². The average Bonchev–Trinajstić information content (AvgIpc) is 3.31. The van der Waals surface area contributed by atoms with Crippen LogP contribution < -0.4 is 14.3 Å². The highest BCUT2D eigenvalue weighted by Crippen LogP contribution is 2.25. The van der Waals surface area contributed by atoms with Crippen molar-refractivity contribution in [3.63, 3.8) is 0 Å². The molecule has 0 spiro atoms. The molecule has 33 heavy (non-hydrogen) atoms. The summed E-state index contributed by atoms with van der Waals surface area (Å²) in [6.07, 6.45) is 1.55. The van der Waals surface area contributed by atoms with Gasteiger partial charge in [0.2, 0.25) is 0 Å². The normalized spacial score (nSPS) is 12.4. The van der Waals surface area contributed by atoms with Crippen molar-refractivity contribution in [2.45, 2.75) is 4.90 Å². The molecule has 2 heterocycles. The number of aromatic nitrogens is 2. The van der Waals surface area contributed by atoms with Crippen molar-refractivity contribution in [2.24, 2.45) is 0 Å². The van der Waals surface area contributed by atoms with Gasteiger partial charge in [-0.3, -0.25) is 14.9 Å². The molecule has 0 radical (unpaired) electrons. The average molecular weight is 479 g/mol. The molecular weight excluding hydrogens is 466 g/mol. The van der Waals surface area contributed by atoms with Gasteiger partial charge in [0.1, 0.15) is 10.6 Å². The Morgan fingerprint density at radius 2 is 1.70 bits per heavy atom. The number of fused-ring (bicyclic) bond motifs is 3. The van der Waals surface area contributed by atoms with Crippen LogP contribution >= 0.6 is 11.3 Å². The molecule has 3 aromatic carbocycles. The predicted molar refractivity (Wildman–Crippen MR) is 123 cm³/mol. The molecule has 0 aliphatic heterocycles. The second-order valence-corrected chi connectivity index (χ2v) is 9.52. The van der Waals surface area contributed by atoms with Crippen LogP contribution in [0.25, 0.3) is 22.1 Å². The Kier molecular flexibility index (Phi) is 4.91. The fraction of sp³-hybridized carbons (Fsp3) is 0. The zero-order chi connectivity index (χ0) is 23.2. The van der Waals surface area contributed by atoms with Gasteiger partial charge in [-0.05, 0) is 36.4 Å². The lowest BCUT2D eigenvalue weighted by Crippen LogP contribution is -2.22. The van der Waals surface area contributed by atoms with Gasteiger partial charge in [-0.15, -0.1) is 0 Å². The summed E-state index contributed by atoms with van der Waals surface area (Å²) in [6, 6.07) is 18.1. The first-order chi connectivity index (χ1) is 15.8. The zero-order valence-electron chi connectivity index (χ0n) is 16.6. The van der Waals surface area contributed by atoms with Crippen molar-refractivity contribution in [3.05, 3.63) is 103 Å². The molecule has 2 aromatic heterocycles. The molecule has 0 aliphatic carbocycles. The lowest BCUT2D eigenvalue weighted by molar-refractivity contribution is -0.384. The Labute approximate surface area is 190 Å². The standard InChI is InChI=1S/C22H13N3O6S2/c26-21-20(32-22-23-17-6-2-3-7-18(17)24(21)22)13-14-5-1-4-8-19(14)31-33(29,30)16-11-9-15(10-12-16)25(27)28/h1-13H. The molecule has 0 aliphatic rings. The minimum absolute atomic E-state index is 0.0196. The molecular formula is C22H13N3O6S2. The minimum atomic E-state index is -4.26. The number of imidazole rings is 1. The second kappa shape index (κ2) is 7.80. The minimum Gasteiger partial charge on any atom is -0.378 e. The Hall–Kier alpha value is -4.09. The summed E-state index contributed by atoms with van der Waals surface area (Å²) in [5, 5.41) is 10.8. The first kappa shape index (κ1) is 20.8. The molecule has 11 heteroatoms. The quantitative estimate of drug-likeness (QED) is 0.216. The van der Waals surface area contributed by atoms with E-state index in [-0.39, 0.29) is 21.9 Å². The highest BCUT2D eigenvalue weighted by Gasteiger charge is 2.20. The molecule has 0 bridgehead atoms. The number of hydrogen-bond acceptors (Lipinski definition) is 8. The van der Waals surface area contributed by atoms with Crippen molar-refractivity contribution in [3.8, 4) is 5.75 Å². The summed E-state index contributed by atoms with van der Waals surface area (Å²) in [5.41, 5.74) is 1.29. The third kappa shape index (κ3) is 3.73. The molecule has 9 nitrogen and oxygen atoms in total. The lowest BCUT2D eigenvalue weighted by Gasteiger charge is -2.09. The van der Waals surface area contributed by atoms with Crippen molar-refractivity contribution < 1.29 is 17.5 Å². The van der Waals surface area contributed by atoms with Gasteiger partial charge in [-0.2, -0.15) is 8.42 Å². The molecule has 164 valence electrons. The van der Waals surface area contributed by atoms with Crippen LogP contribution in [0.3, 0.4) is 0 Å². The van der Waals surface area contributed by atoms with Crippen LogP contribution in [0.15, 0.2) is 82.5 Å². The maximum absolute atomic E-state index is 13.0. The summed E-state index contributed by atoms with van der Waals surface area (Å²) >= 11 is 1.19. The van der Waals surface area contributed by atoms with Crippen LogP contribution in [0.1, 0.15) is 5.56 Å². The van der Waals surface area contributed by atoms with Crippen molar-refractivity contribution in [2.75, 3.05) is 0 Å². The number of rotatable bonds is 5. The van der Waals surface area contributed by atoms with Crippen molar-refractivity contribution in [1.82, 2.24) is 9.38 Å². The summed E-state index contributed by atoms with van der Waals surface area (Å²) in [5.74, 6) is 0.0196.